The van der Waals surface area contributed by atoms with Crippen LogP contribution in [0.15, 0.2) is 15.6 Å². The molecule has 0 aromatic carbocycles. The largest absolute Gasteiger partial charge is 0.366 e. The molecule has 2 rings (SSSR count). The highest BCUT2D eigenvalue weighted by Gasteiger charge is 2.25. The molecule has 1 aromatic rings. The van der Waals surface area contributed by atoms with Crippen molar-refractivity contribution in [2.75, 3.05) is 11.2 Å². The van der Waals surface area contributed by atoms with Gasteiger partial charge in [-0.25, -0.2) is 4.98 Å². The van der Waals surface area contributed by atoms with Crippen molar-refractivity contribution in [3.63, 3.8) is 0 Å². The van der Waals surface area contributed by atoms with Crippen molar-refractivity contribution in [2.24, 2.45) is 5.92 Å². The van der Waals surface area contributed by atoms with E-state index in [0.717, 1.165) is 12.8 Å². The van der Waals surface area contributed by atoms with E-state index in [4.69, 9.17) is 11.6 Å². The van der Waals surface area contributed by atoms with E-state index in [1.807, 2.05) is 0 Å². The van der Waals surface area contributed by atoms with E-state index in [0.29, 0.717) is 28.1 Å². The number of hydrogen-bond acceptors (Lipinski definition) is 3. The highest BCUT2D eigenvalue weighted by atomic mass is 79.9. The number of aromatic amines is 1. The van der Waals surface area contributed by atoms with Gasteiger partial charge in [0.25, 0.3) is 5.56 Å². The highest BCUT2D eigenvalue weighted by molar-refractivity contribution is 9.10. The Morgan fingerprint density at radius 3 is 3.06 bits per heavy atom. The molecule has 1 aliphatic carbocycles. The summed E-state index contributed by atoms with van der Waals surface area (Å²) in [6, 6.07) is 0.312. The molecular weight excluding hydrogens is 305 g/mol. The van der Waals surface area contributed by atoms with Gasteiger partial charge >= 0.3 is 0 Å². The van der Waals surface area contributed by atoms with Gasteiger partial charge in [-0.05, 0) is 34.7 Å². The van der Waals surface area contributed by atoms with E-state index in [9.17, 15) is 4.79 Å². The van der Waals surface area contributed by atoms with Crippen molar-refractivity contribution >= 4 is 33.3 Å². The summed E-state index contributed by atoms with van der Waals surface area (Å²) in [6.45, 7) is 0. The molecule has 4 nitrogen and oxygen atoms in total. The quantitative estimate of drug-likeness (QED) is 0.842. The van der Waals surface area contributed by atoms with E-state index < -0.39 is 0 Å². The summed E-state index contributed by atoms with van der Waals surface area (Å²) in [5.74, 6) is 1.72. The van der Waals surface area contributed by atoms with Crippen LogP contribution in [0.1, 0.15) is 25.7 Å². The second kappa shape index (κ2) is 5.87. The minimum atomic E-state index is -0.166. The normalized spacial score (nSPS) is 24.6. The molecule has 6 heteroatoms. The molecule has 1 heterocycles. The van der Waals surface area contributed by atoms with E-state index in [1.165, 1.54) is 19.2 Å². The summed E-state index contributed by atoms with van der Waals surface area (Å²) in [6.07, 6.45) is 6.07. The zero-order chi connectivity index (χ0) is 12.3. The van der Waals surface area contributed by atoms with Crippen LogP contribution in [0.2, 0.25) is 0 Å². The lowest BCUT2D eigenvalue weighted by Gasteiger charge is -2.31. The lowest BCUT2D eigenvalue weighted by atomic mass is 9.86. The maximum absolute atomic E-state index is 11.4. The SMILES string of the molecule is O=c1[nH]cnc(NC2CCCCC2CCl)c1Br. The predicted molar refractivity (Wildman–Crippen MR) is 72.6 cm³/mol. The Balaban J connectivity index is 2.13. The lowest BCUT2D eigenvalue weighted by molar-refractivity contribution is 0.352. The third kappa shape index (κ3) is 3.01. The smallest absolute Gasteiger partial charge is 0.267 e. The number of hydrogen-bond donors (Lipinski definition) is 2. The Morgan fingerprint density at radius 1 is 1.53 bits per heavy atom. The van der Waals surface area contributed by atoms with Crippen LogP contribution in [-0.2, 0) is 0 Å². The van der Waals surface area contributed by atoms with Crippen molar-refractivity contribution in [3.05, 3.63) is 21.2 Å². The highest BCUT2D eigenvalue weighted by Crippen LogP contribution is 2.28. The van der Waals surface area contributed by atoms with Crippen LogP contribution >= 0.6 is 27.5 Å². The van der Waals surface area contributed by atoms with Gasteiger partial charge < -0.3 is 10.3 Å². The Hall–Kier alpha value is -0.550. The maximum atomic E-state index is 11.4. The minimum Gasteiger partial charge on any atom is -0.366 e. The van der Waals surface area contributed by atoms with E-state index >= 15 is 0 Å². The topological polar surface area (TPSA) is 57.8 Å². The monoisotopic (exact) mass is 319 g/mol. The molecule has 0 amide bonds. The summed E-state index contributed by atoms with van der Waals surface area (Å²) in [5.41, 5.74) is -0.166. The average Bonchev–Trinajstić information content (AvgIpc) is 2.35. The maximum Gasteiger partial charge on any atom is 0.267 e. The van der Waals surface area contributed by atoms with Crippen LogP contribution < -0.4 is 10.9 Å². The molecule has 2 atom stereocenters. The molecule has 17 heavy (non-hydrogen) atoms. The van der Waals surface area contributed by atoms with Crippen LogP contribution in [0.4, 0.5) is 5.82 Å². The van der Waals surface area contributed by atoms with Crippen molar-refractivity contribution in [3.8, 4) is 0 Å². The van der Waals surface area contributed by atoms with Gasteiger partial charge in [-0.2, -0.15) is 0 Å². The van der Waals surface area contributed by atoms with Crippen LogP contribution in [0.25, 0.3) is 0 Å². The molecular formula is C11H15BrClN3O. The van der Waals surface area contributed by atoms with Crippen molar-refractivity contribution in [1.82, 2.24) is 9.97 Å². The standard InChI is InChI=1S/C11H15BrClN3O/c12-9-10(14-6-15-11(9)17)16-8-4-2-1-3-7(8)5-13/h6-8H,1-5H2,(H2,14,15,16,17). The number of halogens is 2. The molecule has 1 fully saturated rings. The van der Waals surface area contributed by atoms with Gasteiger partial charge in [0.15, 0.2) is 0 Å². The van der Waals surface area contributed by atoms with Gasteiger partial charge in [0.05, 0.1) is 6.33 Å². The summed E-state index contributed by atoms with van der Waals surface area (Å²) >= 11 is 9.22. The second-order valence-corrected chi connectivity index (χ2v) is 5.45. The first-order valence-electron chi connectivity index (χ1n) is 5.78. The van der Waals surface area contributed by atoms with Gasteiger partial charge in [0.2, 0.25) is 0 Å². The first kappa shape index (κ1) is 12.9. The second-order valence-electron chi connectivity index (χ2n) is 4.34. The molecule has 0 bridgehead atoms. The molecule has 94 valence electrons. The first-order valence-corrected chi connectivity index (χ1v) is 7.11. The van der Waals surface area contributed by atoms with Gasteiger partial charge in [0, 0.05) is 11.9 Å². The molecule has 0 spiro atoms. The zero-order valence-electron chi connectivity index (χ0n) is 9.38. The van der Waals surface area contributed by atoms with Crippen LogP contribution in [0.5, 0.6) is 0 Å². The predicted octanol–water partition coefficient (Wildman–Crippen LogP) is 2.74. The van der Waals surface area contributed by atoms with E-state index in [1.54, 1.807) is 0 Å². The Kier molecular flexibility index (Phi) is 4.45. The molecule has 0 saturated heterocycles. The number of aromatic nitrogens is 2. The van der Waals surface area contributed by atoms with Crippen LogP contribution in [0, 0.1) is 5.92 Å². The summed E-state index contributed by atoms with van der Waals surface area (Å²) in [4.78, 5) is 18.1. The van der Waals surface area contributed by atoms with E-state index in [-0.39, 0.29) is 5.56 Å². The number of H-pyrrole nitrogens is 1. The fraction of sp³-hybridized carbons (Fsp3) is 0.636. The number of nitrogens with one attached hydrogen (secondary N) is 2. The van der Waals surface area contributed by atoms with Crippen molar-refractivity contribution in [1.29, 1.82) is 0 Å². The molecule has 0 aliphatic heterocycles. The molecule has 1 aromatic heterocycles. The number of rotatable bonds is 3. The lowest BCUT2D eigenvalue weighted by Crippen LogP contribution is -2.34. The molecule has 2 unspecified atom stereocenters. The van der Waals surface area contributed by atoms with Crippen molar-refractivity contribution in [2.45, 2.75) is 31.7 Å². The van der Waals surface area contributed by atoms with Gasteiger partial charge in [0.1, 0.15) is 10.3 Å². The number of anilines is 1. The van der Waals surface area contributed by atoms with Gasteiger partial charge in [-0.15, -0.1) is 11.6 Å². The Bertz CT molecular complexity index is 437. The molecule has 1 aliphatic rings. The van der Waals surface area contributed by atoms with Crippen LogP contribution in [0.3, 0.4) is 0 Å². The Morgan fingerprint density at radius 2 is 2.29 bits per heavy atom. The Labute approximate surface area is 113 Å². The third-order valence-corrected chi connectivity index (χ3v) is 4.36. The minimum absolute atomic E-state index is 0.166. The van der Waals surface area contributed by atoms with Gasteiger partial charge in [-0.1, -0.05) is 12.8 Å². The zero-order valence-corrected chi connectivity index (χ0v) is 11.7. The summed E-state index contributed by atoms with van der Waals surface area (Å²) in [5, 5.41) is 3.33. The molecule has 0 radical (unpaired) electrons. The fourth-order valence-corrected chi connectivity index (χ4v) is 2.94. The van der Waals surface area contributed by atoms with Crippen LogP contribution in [-0.4, -0.2) is 21.9 Å². The van der Waals surface area contributed by atoms with Gasteiger partial charge in [-0.3, -0.25) is 4.79 Å². The average molecular weight is 321 g/mol. The summed E-state index contributed by atoms with van der Waals surface area (Å²) < 4.78 is 0.457. The first-order chi connectivity index (χ1) is 8.22. The fourth-order valence-electron chi connectivity index (χ4n) is 2.24. The van der Waals surface area contributed by atoms with Crippen molar-refractivity contribution < 1.29 is 0 Å². The molecule has 2 N–H and O–H groups in total. The number of alkyl halides is 1. The summed E-state index contributed by atoms with van der Waals surface area (Å²) in [7, 11) is 0. The third-order valence-electron chi connectivity index (χ3n) is 3.23. The van der Waals surface area contributed by atoms with E-state index in [2.05, 4.69) is 31.2 Å². The molecule has 1 saturated carbocycles. The number of nitrogens with zero attached hydrogens (tertiary/aromatic N) is 1.